The van der Waals surface area contributed by atoms with E-state index in [1.165, 1.54) is 25.7 Å². The van der Waals surface area contributed by atoms with Crippen molar-refractivity contribution in [1.82, 2.24) is 0 Å². The number of benzene rings is 2. The Morgan fingerprint density at radius 3 is 2.22 bits per heavy atom. The third-order valence-electron chi connectivity index (χ3n) is 3.98. The molecule has 2 rings (SSSR count). The van der Waals surface area contributed by atoms with Crippen LogP contribution in [0.25, 0.3) is 6.08 Å². The SMILES string of the molecule is COc1ccc(NC(C)=O)cc1NC(=O)C=Cc1ccc(C(C)(C)C)cc1. The molecule has 0 radical (unpaired) electrons. The first-order chi connectivity index (χ1) is 12.7. The zero-order valence-corrected chi connectivity index (χ0v) is 16.4. The Balaban J connectivity index is 2.10. The molecule has 0 aliphatic heterocycles. The molecule has 5 heteroatoms. The fourth-order valence-electron chi connectivity index (χ4n) is 2.53. The first kappa shape index (κ1) is 20.2. The third kappa shape index (κ3) is 5.99. The van der Waals surface area contributed by atoms with Crippen molar-refractivity contribution < 1.29 is 14.3 Å². The van der Waals surface area contributed by atoms with E-state index in [1.54, 1.807) is 24.3 Å². The van der Waals surface area contributed by atoms with E-state index < -0.39 is 0 Å². The maximum absolute atomic E-state index is 12.3. The quantitative estimate of drug-likeness (QED) is 0.760. The van der Waals surface area contributed by atoms with Crippen LogP contribution in [-0.4, -0.2) is 18.9 Å². The molecule has 0 aliphatic carbocycles. The highest BCUT2D eigenvalue weighted by molar-refractivity contribution is 6.03. The number of nitrogens with one attached hydrogen (secondary N) is 2. The molecule has 0 fully saturated rings. The van der Waals surface area contributed by atoms with Crippen LogP contribution in [0, 0.1) is 0 Å². The second kappa shape index (κ2) is 8.54. The molecule has 0 aromatic heterocycles. The number of ether oxygens (including phenoxy) is 1. The summed E-state index contributed by atoms with van der Waals surface area (Å²) in [6.07, 6.45) is 3.22. The van der Waals surface area contributed by atoms with Gasteiger partial charge >= 0.3 is 0 Å². The molecule has 2 aromatic carbocycles. The van der Waals surface area contributed by atoms with E-state index in [1.807, 2.05) is 12.1 Å². The summed E-state index contributed by atoms with van der Waals surface area (Å²) < 4.78 is 5.26. The summed E-state index contributed by atoms with van der Waals surface area (Å²) in [6, 6.07) is 13.2. The smallest absolute Gasteiger partial charge is 0.248 e. The van der Waals surface area contributed by atoms with E-state index >= 15 is 0 Å². The van der Waals surface area contributed by atoms with Crippen LogP contribution in [0.3, 0.4) is 0 Å². The fourth-order valence-corrected chi connectivity index (χ4v) is 2.53. The monoisotopic (exact) mass is 366 g/mol. The second-order valence-electron chi connectivity index (χ2n) is 7.29. The van der Waals surface area contributed by atoms with Crippen LogP contribution in [-0.2, 0) is 15.0 Å². The van der Waals surface area contributed by atoms with Crippen molar-refractivity contribution in [1.29, 1.82) is 0 Å². The van der Waals surface area contributed by atoms with E-state index in [4.69, 9.17) is 4.74 Å². The molecule has 2 aromatic rings. The summed E-state index contributed by atoms with van der Waals surface area (Å²) in [5, 5.41) is 5.46. The number of anilines is 2. The maximum Gasteiger partial charge on any atom is 0.248 e. The number of hydrogen-bond donors (Lipinski definition) is 2. The normalized spacial score (nSPS) is 11.3. The minimum absolute atomic E-state index is 0.0924. The molecule has 2 amide bonds. The molecule has 0 saturated heterocycles. The molecule has 5 nitrogen and oxygen atoms in total. The molecule has 0 spiro atoms. The van der Waals surface area contributed by atoms with Gasteiger partial charge in [0.1, 0.15) is 5.75 Å². The van der Waals surface area contributed by atoms with E-state index in [-0.39, 0.29) is 17.2 Å². The van der Waals surface area contributed by atoms with Crippen molar-refractivity contribution in [2.45, 2.75) is 33.1 Å². The fraction of sp³-hybridized carbons (Fsp3) is 0.273. The van der Waals surface area contributed by atoms with Gasteiger partial charge in [-0.2, -0.15) is 0 Å². The predicted octanol–water partition coefficient (Wildman–Crippen LogP) is 4.60. The Morgan fingerprint density at radius 1 is 1.00 bits per heavy atom. The van der Waals surface area contributed by atoms with Crippen molar-refractivity contribution in [3.05, 3.63) is 59.7 Å². The second-order valence-corrected chi connectivity index (χ2v) is 7.29. The Bertz CT molecular complexity index is 847. The molecule has 0 heterocycles. The highest BCUT2D eigenvalue weighted by Gasteiger charge is 2.12. The first-order valence-electron chi connectivity index (χ1n) is 8.74. The Labute approximate surface area is 160 Å². The van der Waals surface area contributed by atoms with Crippen molar-refractivity contribution in [2.75, 3.05) is 17.7 Å². The number of rotatable bonds is 5. The number of hydrogen-bond acceptors (Lipinski definition) is 3. The van der Waals surface area contributed by atoms with Gasteiger partial charge in [0.15, 0.2) is 0 Å². The lowest BCUT2D eigenvalue weighted by Gasteiger charge is -2.18. The Morgan fingerprint density at radius 2 is 1.67 bits per heavy atom. The molecule has 27 heavy (non-hydrogen) atoms. The van der Waals surface area contributed by atoms with E-state index in [0.29, 0.717) is 17.1 Å². The first-order valence-corrected chi connectivity index (χ1v) is 8.74. The summed E-state index contributed by atoms with van der Waals surface area (Å²) in [5.74, 6) is 0.0459. The lowest BCUT2D eigenvalue weighted by molar-refractivity contribution is -0.114. The maximum atomic E-state index is 12.3. The molecular weight excluding hydrogens is 340 g/mol. The molecule has 0 saturated carbocycles. The zero-order valence-electron chi connectivity index (χ0n) is 16.4. The van der Waals surface area contributed by atoms with Gasteiger partial charge in [0.25, 0.3) is 0 Å². The number of amides is 2. The lowest BCUT2D eigenvalue weighted by atomic mass is 9.87. The van der Waals surface area contributed by atoms with Gasteiger partial charge in [-0.1, -0.05) is 45.0 Å². The van der Waals surface area contributed by atoms with Gasteiger partial charge in [0, 0.05) is 18.7 Å². The summed E-state index contributed by atoms with van der Waals surface area (Å²) in [5.41, 5.74) is 3.34. The van der Waals surface area contributed by atoms with Crippen molar-refractivity contribution in [3.63, 3.8) is 0 Å². The Hall–Kier alpha value is -3.08. The summed E-state index contributed by atoms with van der Waals surface area (Å²) in [4.78, 5) is 23.5. The van der Waals surface area contributed by atoms with E-state index in [0.717, 1.165) is 5.56 Å². The van der Waals surface area contributed by atoms with Crippen LogP contribution in [0.2, 0.25) is 0 Å². The molecule has 2 N–H and O–H groups in total. The van der Waals surface area contributed by atoms with Gasteiger partial charge in [-0.3, -0.25) is 9.59 Å². The van der Waals surface area contributed by atoms with Crippen LogP contribution in [0.5, 0.6) is 5.75 Å². The van der Waals surface area contributed by atoms with Gasteiger partial charge in [-0.25, -0.2) is 0 Å². The molecule has 0 unspecified atom stereocenters. The summed E-state index contributed by atoms with van der Waals surface area (Å²) in [7, 11) is 1.52. The zero-order chi connectivity index (χ0) is 20.0. The van der Waals surface area contributed by atoms with Crippen molar-refractivity contribution >= 4 is 29.3 Å². The predicted molar refractivity (Wildman–Crippen MR) is 110 cm³/mol. The molecular formula is C22H26N2O3. The van der Waals surface area contributed by atoms with E-state index in [2.05, 4.69) is 43.5 Å². The average Bonchev–Trinajstić information content (AvgIpc) is 2.59. The lowest BCUT2D eigenvalue weighted by Crippen LogP contribution is -2.11. The minimum Gasteiger partial charge on any atom is -0.495 e. The molecule has 0 bridgehead atoms. The average molecular weight is 366 g/mol. The number of carbonyl (C=O) groups excluding carboxylic acids is 2. The highest BCUT2D eigenvalue weighted by atomic mass is 16.5. The summed E-state index contributed by atoms with van der Waals surface area (Å²) in [6.45, 7) is 7.91. The van der Waals surface area contributed by atoms with E-state index in [9.17, 15) is 9.59 Å². The summed E-state index contributed by atoms with van der Waals surface area (Å²) >= 11 is 0. The van der Waals surface area contributed by atoms with Crippen LogP contribution < -0.4 is 15.4 Å². The van der Waals surface area contributed by atoms with Crippen molar-refractivity contribution in [2.24, 2.45) is 0 Å². The largest absolute Gasteiger partial charge is 0.495 e. The molecule has 142 valence electrons. The number of carbonyl (C=O) groups is 2. The molecule has 0 aliphatic rings. The minimum atomic E-state index is -0.284. The van der Waals surface area contributed by atoms with Crippen LogP contribution in [0.1, 0.15) is 38.8 Å². The third-order valence-corrected chi connectivity index (χ3v) is 3.98. The van der Waals surface area contributed by atoms with Crippen LogP contribution in [0.4, 0.5) is 11.4 Å². The highest BCUT2D eigenvalue weighted by Crippen LogP contribution is 2.28. The van der Waals surface area contributed by atoms with Gasteiger partial charge in [-0.15, -0.1) is 0 Å². The van der Waals surface area contributed by atoms with Gasteiger partial charge in [-0.05, 0) is 40.8 Å². The standard InChI is InChI=1S/C22H26N2O3/c1-15(25)23-18-11-12-20(27-5)19(14-18)24-21(26)13-8-16-6-9-17(10-7-16)22(2,3)4/h6-14H,1-5H3,(H,23,25)(H,24,26). The van der Waals surface area contributed by atoms with Gasteiger partial charge in [0.05, 0.1) is 12.8 Å². The number of methoxy groups -OCH3 is 1. The van der Waals surface area contributed by atoms with Crippen LogP contribution >= 0.6 is 0 Å². The van der Waals surface area contributed by atoms with Gasteiger partial charge < -0.3 is 15.4 Å². The molecule has 0 atom stereocenters. The van der Waals surface area contributed by atoms with Gasteiger partial charge in [0.2, 0.25) is 11.8 Å². The van der Waals surface area contributed by atoms with Crippen LogP contribution in [0.15, 0.2) is 48.5 Å². The topological polar surface area (TPSA) is 67.4 Å². The Kier molecular flexibility index (Phi) is 6.40. The van der Waals surface area contributed by atoms with Crippen molar-refractivity contribution in [3.8, 4) is 5.75 Å².